The van der Waals surface area contributed by atoms with Crippen molar-refractivity contribution >= 4 is 22.6 Å². The number of nitrogens with zero attached hydrogens (tertiary/aromatic N) is 4. The number of carbonyl (C=O) groups is 1. The van der Waals surface area contributed by atoms with E-state index in [4.69, 9.17) is 0 Å². The minimum absolute atomic E-state index is 0.214. The molecule has 7 heteroatoms. The zero-order chi connectivity index (χ0) is 16.0. The highest BCUT2D eigenvalue weighted by atomic mass is 19.1. The molecule has 2 aromatic heterocycles. The highest BCUT2D eigenvalue weighted by Crippen LogP contribution is 2.38. The van der Waals surface area contributed by atoms with Gasteiger partial charge in [-0.15, -0.1) is 0 Å². The maximum Gasteiger partial charge on any atom is 0.238 e. The summed E-state index contributed by atoms with van der Waals surface area (Å²) in [4.78, 5) is 20.9. The van der Waals surface area contributed by atoms with Crippen molar-refractivity contribution < 1.29 is 9.18 Å². The van der Waals surface area contributed by atoms with Crippen LogP contribution >= 0.6 is 0 Å². The minimum Gasteiger partial charge on any atom is -0.325 e. The second-order valence-electron chi connectivity index (χ2n) is 5.54. The predicted octanol–water partition coefficient (Wildman–Crippen LogP) is 2.46. The quantitative estimate of drug-likeness (QED) is 0.806. The monoisotopic (exact) mass is 311 g/mol. The van der Waals surface area contributed by atoms with Crippen LogP contribution in [0.4, 0.5) is 10.1 Å². The van der Waals surface area contributed by atoms with Gasteiger partial charge in [0.25, 0.3) is 0 Å². The van der Waals surface area contributed by atoms with Gasteiger partial charge in [-0.3, -0.25) is 9.48 Å². The zero-order valence-corrected chi connectivity index (χ0v) is 12.5. The fourth-order valence-electron chi connectivity index (χ4n) is 2.98. The fraction of sp³-hybridized carbons (Fsp3) is 0.250. The van der Waals surface area contributed by atoms with Gasteiger partial charge in [0.1, 0.15) is 18.1 Å². The zero-order valence-electron chi connectivity index (χ0n) is 12.5. The van der Waals surface area contributed by atoms with Gasteiger partial charge in [-0.05, 0) is 30.2 Å². The SMILES string of the molecule is CCCn1cc2c(C3C(=O)Nc4ccc(F)cc43)ncnc2n1. The molecule has 4 rings (SSSR count). The molecule has 3 heterocycles. The molecule has 3 aromatic rings. The molecular formula is C16H14FN5O. The van der Waals surface area contributed by atoms with Crippen LogP contribution < -0.4 is 5.32 Å². The first-order valence-corrected chi connectivity index (χ1v) is 7.45. The van der Waals surface area contributed by atoms with Gasteiger partial charge >= 0.3 is 0 Å². The molecule has 0 radical (unpaired) electrons. The number of amides is 1. The van der Waals surface area contributed by atoms with E-state index in [1.54, 1.807) is 10.7 Å². The molecule has 1 aliphatic rings. The molecule has 0 aliphatic carbocycles. The van der Waals surface area contributed by atoms with E-state index in [0.717, 1.165) is 18.4 Å². The summed E-state index contributed by atoms with van der Waals surface area (Å²) in [5.74, 6) is -1.24. The summed E-state index contributed by atoms with van der Waals surface area (Å²) in [7, 11) is 0. The molecule has 1 unspecified atom stereocenters. The molecule has 6 nitrogen and oxygen atoms in total. The maximum atomic E-state index is 13.6. The van der Waals surface area contributed by atoms with E-state index in [-0.39, 0.29) is 11.7 Å². The summed E-state index contributed by atoms with van der Waals surface area (Å²) in [6.45, 7) is 2.82. The normalized spacial score (nSPS) is 16.6. The number of anilines is 1. The van der Waals surface area contributed by atoms with E-state index in [2.05, 4.69) is 27.3 Å². The molecule has 23 heavy (non-hydrogen) atoms. The van der Waals surface area contributed by atoms with Crippen molar-refractivity contribution in [3.05, 3.63) is 47.8 Å². The Balaban J connectivity index is 1.89. The largest absolute Gasteiger partial charge is 0.325 e. The van der Waals surface area contributed by atoms with Crippen LogP contribution in [0.15, 0.2) is 30.7 Å². The van der Waals surface area contributed by atoms with Crippen molar-refractivity contribution in [2.45, 2.75) is 25.8 Å². The van der Waals surface area contributed by atoms with Crippen LogP contribution in [0.25, 0.3) is 11.0 Å². The molecule has 1 N–H and O–H groups in total. The van der Waals surface area contributed by atoms with Crippen LogP contribution in [0.2, 0.25) is 0 Å². The van der Waals surface area contributed by atoms with Crippen LogP contribution in [0.3, 0.4) is 0 Å². The number of aryl methyl sites for hydroxylation is 1. The van der Waals surface area contributed by atoms with E-state index >= 15 is 0 Å². The van der Waals surface area contributed by atoms with Crippen LogP contribution in [0.1, 0.15) is 30.5 Å². The first-order chi connectivity index (χ1) is 11.2. The molecule has 1 aliphatic heterocycles. The average molecular weight is 311 g/mol. The van der Waals surface area contributed by atoms with Crippen molar-refractivity contribution in [1.82, 2.24) is 19.7 Å². The Morgan fingerprint density at radius 2 is 2.22 bits per heavy atom. The third-order valence-electron chi connectivity index (χ3n) is 3.97. The Hall–Kier alpha value is -2.83. The van der Waals surface area contributed by atoms with E-state index in [1.165, 1.54) is 18.5 Å². The van der Waals surface area contributed by atoms with Gasteiger partial charge < -0.3 is 5.32 Å². The first kappa shape index (κ1) is 13.8. The molecule has 1 amide bonds. The van der Waals surface area contributed by atoms with Crippen molar-refractivity contribution in [2.24, 2.45) is 0 Å². The summed E-state index contributed by atoms with van der Waals surface area (Å²) >= 11 is 0. The van der Waals surface area contributed by atoms with Crippen LogP contribution in [-0.2, 0) is 11.3 Å². The summed E-state index contributed by atoms with van der Waals surface area (Å²) in [6, 6.07) is 4.28. The first-order valence-electron chi connectivity index (χ1n) is 7.45. The minimum atomic E-state index is -0.648. The molecule has 0 fully saturated rings. The maximum absolute atomic E-state index is 13.6. The Morgan fingerprint density at radius 1 is 1.35 bits per heavy atom. The molecule has 0 saturated carbocycles. The lowest BCUT2D eigenvalue weighted by Crippen LogP contribution is -2.14. The summed E-state index contributed by atoms with van der Waals surface area (Å²) < 4.78 is 15.4. The lowest BCUT2D eigenvalue weighted by Gasteiger charge is -2.08. The van der Waals surface area contributed by atoms with Crippen molar-refractivity contribution in [1.29, 1.82) is 0 Å². The number of rotatable bonds is 3. The molecule has 116 valence electrons. The molecular weight excluding hydrogens is 297 g/mol. The van der Waals surface area contributed by atoms with E-state index < -0.39 is 5.92 Å². The van der Waals surface area contributed by atoms with Gasteiger partial charge in [0.15, 0.2) is 5.65 Å². The van der Waals surface area contributed by atoms with Crippen molar-refractivity contribution in [3.8, 4) is 0 Å². The van der Waals surface area contributed by atoms with Crippen molar-refractivity contribution in [3.63, 3.8) is 0 Å². The van der Waals surface area contributed by atoms with Gasteiger partial charge in [-0.1, -0.05) is 6.92 Å². The number of benzene rings is 1. The summed E-state index contributed by atoms with van der Waals surface area (Å²) in [5.41, 5.74) is 2.31. The number of nitrogens with one attached hydrogen (secondary N) is 1. The molecule has 0 saturated heterocycles. The average Bonchev–Trinajstić information content (AvgIpc) is 3.07. The molecule has 0 spiro atoms. The number of hydrogen-bond donors (Lipinski definition) is 1. The van der Waals surface area contributed by atoms with Gasteiger partial charge in [0.2, 0.25) is 5.91 Å². The van der Waals surface area contributed by atoms with E-state index in [9.17, 15) is 9.18 Å². The third-order valence-corrected chi connectivity index (χ3v) is 3.97. The van der Waals surface area contributed by atoms with E-state index in [0.29, 0.717) is 22.6 Å². The molecule has 1 atom stereocenters. The van der Waals surface area contributed by atoms with Crippen LogP contribution in [-0.4, -0.2) is 25.7 Å². The Kier molecular flexibility index (Phi) is 3.07. The van der Waals surface area contributed by atoms with Gasteiger partial charge in [0.05, 0.1) is 11.1 Å². The Morgan fingerprint density at radius 3 is 3.04 bits per heavy atom. The lowest BCUT2D eigenvalue weighted by molar-refractivity contribution is -0.116. The Labute approximate surface area is 131 Å². The predicted molar refractivity (Wildman–Crippen MR) is 82.5 cm³/mol. The number of hydrogen-bond acceptors (Lipinski definition) is 4. The number of carbonyl (C=O) groups excluding carboxylic acids is 1. The van der Waals surface area contributed by atoms with Gasteiger partial charge in [0, 0.05) is 18.4 Å². The number of halogens is 1. The highest BCUT2D eigenvalue weighted by molar-refractivity contribution is 6.06. The van der Waals surface area contributed by atoms with Gasteiger partial charge in [-0.25, -0.2) is 14.4 Å². The van der Waals surface area contributed by atoms with Gasteiger partial charge in [-0.2, -0.15) is 5.10 Å². The third kappa shape index (κ3) is 2.16. The topological polar surface area (TPSA) is 72.7 Å². The number of fused-ring (bicyclic) bond motifs is 2. The lowest BCUT2D eigenvalue weighted by atomic mass is 9.95. The summed E-state index contributed by atoms with van der Waals surface area (Å²) in [5, 5.41) is 7.89. The molecule has 0 bridgehead atoms. The highest BCUT2D eigenvalue weighted by Gasteiger charge is 2.35. The smallest absolute Gasteiger partial charge is 0.238 e. The number of aromatic nitrogens is 4. The van der Waals surface area contributed by atoms with Crippen molar-refractivity contribution in [2.75, 3.05) is 5.32 Å². The molecule has 1 aromatic carbocycles. The second kappa shape index (κ2) is 5.12. The fourth-order valence-corrected chi connectivity index (χ4v) is 2.98. The second-order valence-corrected chi connectivity index (χ2v) is 5.54. The summed E-state index contributed by atoms with van der Waals surface area (Å²) in [6.07, 6.45) is 4.18. The van der Waals surface area contributed by atoms with Crippen LogP contribution in [0, 0.1) is 5.82 Å². The Bertz CT molecular complexity index is 920. The standard InChI is InChI=1S/C16H14FN5O/c1-2-5-22-7-11-14(18-8-19-15(11)21-22)13-10-6-9(17)3-4-12(10)20-16(13)23/h3-4,6-8,13H,2,5H2,1H3,(H,20,23). The van der Waals surface area contributed by atoms with E-state index in [1.807, 2.05) is 6.20 Å². The van der Waals surface area contributed by atoms with Crippen LogP contribution in [0.5, 0.6) is 0 Å².